The summed E-state index contributed by atoms with van der Waals surface area (Å²) in [6, 6.07) is 21.8. The lowest BCUT2D eigenvalue weighted by molar-refractivity contribution is 0.0659. The predicted molar refractivity (Wildman–Crippen MR) is 113 cm³/mol. The molecule has 0 radical (unpaired) electrons. The Hall–Kier alpha value is -2.08. The van der Waals surface area contributed by atoms with Gasteiger partial charge in [0.1, 0.15) is 0 Å². The highest BCUT2D eigenvalue weighted by Gasteiger charge is 2.29. The minimum Gasteiger partial charge on any atom is -0.304 e. The monoisotopic (exact) mass is 365 g/mol. The third kappa shape index (κ3) is 4.61. The summed E-state index contributed by atoms with van der Waals surface area (Å²) < 4.78 is 0. The molecule has 2 aliphatic rings. The summed E-state index contributed by atoms with van der Waals surface area (Å²) in [5, 5.41) is 4.68. The lowest BCUT2D eigenvalue weighted by atomic mass is 10.0. The maximum atomic E-state index is 3.60. The third-order valence-corrected chi connectivity index (χ3v) is 5.79. The molecule has 0 aliphatic carbocycles. The van der Waals surface area contributed by atoms with Crippen LogP contribution in [0.1, 0.15) is 12.8 Å². The van der Waals surface area contributed by atoms with Gasteiger partial charge in [0.25, 0.3) is 0 Å². The zero-order valence-corrected chi connectivity index (χ0v) is 16.3. The summed E-state index contributed by atoms with van der Waals surface area (Å²) in [5.41, 5.74) is 5.90. The van der Waals surface area contributed by atoms with E-state index in [9.17, 15) is 0 Å². The van der Waals surface area contributed by atoms with E-state index < -0.39 is 0 Å². The fourth-order valence-corrected chi connectivity index (χ4v) is 4.11. The number of hydrazine groups is 2. The number of para-hydroxylation sites is 2. The Kier molecular flexibility index (Phi) is 5.92. The molecule has 1 N–H and O–H groups in total. The fourth-order valence-electron chi connectivity index (χ4n) is 4.11. The van der Waals surface area contributed by atoms with Crippen LogP contribution in [-0.2, 0) is 0 Å². The molecule has 0 aromatic heterocycles. The van der Waals surface area contributed by atoms with E-state index in [1.54, 1.807) is 0 Å². The average Bonchev–Trinajstić information content (AvgIpc) is 2.74. The van der Waals surface area contributed by atoms with E-state index in [0.29, 0.717) is 0 Å². The van der Waals surface area contributed by atoms with Gasteiger partial charge in [0.05, 0.1) is 11.4 Å². The van der Waals surface area contributed by atoms with Crippen LogP contribution in [0.5, 0.6) is 0 Å². The molecule has 0 atom stereocenters. The van der Waals surface area contributed by atoms with Gasteiger partial charge >= 0.3 is 0 Å². The minimum atomic E-state index is 0.726. The van der Waals surface area contributed by atoms with Gasteiger partial charge < -0.3 is 4.90 Å². The lowest BCUT2D eigenvalue weighted by Crippen LogP contribution is -2.56. The number of rotatable bonds is 5. The van der Waals surface area contributed by atoms with Crippen LogP contribution in [0.15, 0.2) is 60.7 Å². The number of nitrogens with one attached hydrogen (secondary N) is 1. The molecular formula is C22H31N5. The zero-order chi connectivity index (χ0) is 18.5. The molecule has 5 nitrogen and oxygen atoms in total. The molecule has 27 heavy (non-hydrogen) atoms. The molecule has 144 valence electrons. The molecule has 0 spiro atoms. The van der Waals surface area contributed by atoms with Crippen molar-refractivity contribution in [3.8, 4) is 0 Å². The number of anilines is 2. The van der Waals surface area contributed by atoms with Crippen molar-refractivity contribution in [1.29, 1.82) is 0 Å². The largest absolute Gasteiger partial charge is 0.304 e. The van der Waals surface area contributed by atoms with Gasteiger partial charge in [-0.15, -0.1) is 0 Å². The number of piperidine rings is 1. The van der Waals surface area contributed by atoms with E-state index in [2.05, 4.69) is 93.1 Å². The molecular weight excluding hydrogens is 334 g/mol. The molecule has 4 rings (SSSR count). The van der Waals surface area contributed by atoms with Crippen molar-refractivity contribution in [2.24, 2.45) is 0 Å². The van der Waals surface area contributed by atoms with Gasteiger partial charge in [-0.3, -0.25) is 10.3 Å². The Balaban J connectivity index is 1.42. The number of piperazine rings is 1. The second kappa shape index (κ2) is 8.74. The summed E-state index contributed by atoms with van der Waals surface area (Å²) in [7, 11) is 2.23. The van der Waals surface area contributed by atoms with Crippen molar-refractivity contribution in [1.82, 2.24) is 14.8 Å². The van der Waals surface area contributed by atoms with E-state index in [-0.39, 0.29) is 0 Å². The SMILES string of the molecule is CN1CCN(C2CCN(N(Nc3ccccc3)c3ccccc3)CC2)CC1. The summed E-state index contributed by atoms with van der Waals surface area (Å²) in [4.78, 5) is 5.14. The Morgan fingerprint density at radius 2 is 1.37 bits per heavy atom. The fraction of sp³-hybridized carbons (Fsp3) is 0.455. The highest BCUT2D eigenvalue weighted by Crippen LogP contribution is 2.24. The standard InChI is InChI=1S/C22H31N5/c1-24-16-18-25(19-17-24)21-12-14-26(15-13-21)27(22-10-6-3-7-11-22)23-20-8-4-2-5-9-20/h2-11,21,23H,12-19H2,1H3. The summed E-state index contributed by atoms with van der Waals surface area (Å²) >= 11 is 0. The Morgan fingerprint density at radius 3 is 2.00 bits per heavy atom. The van der Waals surface area contributed by atoms with Crippen LogP contribution in [-0.4, -0.2) is 67.2 Å². The van der Waals surface area contributed by atoms with Gasteiger partial charge in [-0.25, -0.2) is 10.1 Å². The first-order chi connectivity index (χ1) is 13.3. The maximum Gasteiger partial charge on any atom is 0.0759 e. The summed E-state index contributed by atoms with van der Waals surface area (Å²) in [5.74, 6) is 0. The van der Waals surface area contributed by atoms with Crippen LogP contribution >= 0.6 is 0 Å². The van der Waals surface area contributed by atoms with Crippen LogP contribution in [0, 0.1) is 0 Å². The number of nitrogens with zero attached hydrogens (tertiary/aromatic N) is 4. The van der Waals surface area contributed by atoms with Crippen molar-refractivity contribution >= 4 is 11.4 Å². The van der Waals surface area contributed by atoms with Crippen molar-refractivity contribution < 1.29 is 0 Å². The molecule has 2 heterocycles. The van der Waals surface area contributed by atoms with Crippen molar-refractivity contribution in [3.63, 3.8) is 0 Å². The molecule has 2 saturated heterocycles. The Morgan fingerprint density at radius 1 is 0.778 bits per heavy atom. The van der Waals surface area contributed by atoms with Crippen LogP contribution in [0.4, 0.5) is 11.4 Å². The topological polar surface area (TPSA) is 25.0 Å². The second-order valence-electron chi connectivity index (χ2n) is 7.65. The van der Waals surface area contributed by atoms with E-state index in [0.717, 1.165) is 24.8 Å². The molecule has 0 saturated carbocycles. The third-order valence-electron chi connectivity index (χ3n) is 5.79. The maximum absolute atomic E-state index is 3.60. The van der Waals surface area contributed by atoms with Crippen LogP contribution < -0.4 is 10.5 Å². The van der Waals surface area contributed by atoms with E-state index in [1.807, 2.05) is 0 Å². The molecule has 2 fully saturated rings. The normalized spacial score (nSPS) is 20.5. The summed E-state index contributed by atoms with van der Waals surface area (Å²) in [6.07, 6.45) is 2.45. The van der Waals surface area contributed by atoms with Crippen LogP contribution in [0.25, 0.3) is 0 Å². The predicted octanol–water partition coefficient (Wildman–Crippen LogP) is 3.15. The summed E-state index contributed by atoms with van der Waals surface area (Å²) in [6.45, 7) is 6.98. The number of benzene rings is 2. The smallest absolute Gasteiger partial charge is 0.0759 e. The zero-order valence-electron chi connectivity index (χ0n) is 16.3. The highest BCUT2D eigenvalue weighted by atomic mass is 15.8. The first-order valence-electron chi connectivity index (χ1n) is 10.1. The van der Waals surface area contributed by atoms with Crippen LogP contribution in [0.2, 0.25) is 0 Å². The van der Waals surface area contributed by atoms with Gasteiger partial charge in [0.2, 0.25) is 0 Å². The number of hydrogen-bond donors (Lipinski definition) is 1. The molecule has 0 unspecified atom stereocenters. The molecule has 5 heteroatoms. The van der Waals surface area contributed by atoms with Gasteiger partial charge in [-0.1, -0.05) is 36.4 Å². The van der Waals surface area contributed by atoms with E-state index in [4.69, 9.17) is 0 Å². The van der Waals surface area contributed by atoms with Crippen LogP contribution in [0.3, 0.4) is 0 Å². The number of likely N-dealkylation sites (N-methyl/N-ethyl adjacent to an activating group) is 1. The molecule has 0 amide bonds. The lowest BCUT2D eigenvalue weighted by Gasteiger charge is -2.45. The van der Waals surface area contributed by atoms with Gasteiger partial charge in [0.15, 0.2) is 0 Å². The van der Waals surface area contributed by atoms with Crippen molar-refractivity contribution in [3.05, 3.63) is 60.7 Å². The number of hydrogen-bond acceptors (Lipinski definition) is 5. The minimum absolute atomic E-state index is 0.726. The van der Waals surface area contributed by atoms with Crippen molar-refractivity contribution in [2.45, 2.75) is 18.9 Å². The first-order valence-corrected chi connectivity index (χ1v) is 10.1. The van der Waals surface area contributed by atoms with Gasteiger partial charge in [-0.05, 0) is 44.2 Å². The quantitative estimate of drug-likeness (QED) is 0.821. The average molecular weight is 366 g/mol. The molecule has 2 aliphatic heterocycles. The Bertz CT molecular complexity index is 676. The molecule has 2 aromatic carbocycles. The Labute approximate surface area is 163 Å². The molecule has 2 aromatic rings. The van der Waals surface area contributed by atoms with E-state index >= 15 is 0 Å². The highest BCUT2D eigenvalue weighted by molar-refractivity contribution is 5.54. The van der Waals surface area contributed by atoms with Gasteiger partial charge in [0, 0.05) is 45.3 Å². The first kappa shape index (κ1) is 18.3. The second-order valence-corrected chi connectivity index (χ2v) is 7.65. The van der Waals surface area contributed by atoms with Gasteiger partial charge in [-0.2, -0.15) is 0 Å². The van der Waals surface area contributed by atoms with Crippen molar-refractivity contribution in [2.75, 3.05) is 56.9 Å². The molecule has 0 bridgehead atoms. The van der Waals surface area contributed by atoms with E-state index in [1.165, 1.54) is 44.7 Å².